The molecule has 2 aliphatic rings. The normalized spacial score (nSPS) is 22.9. The van der Waals surface area contributed by atoms with Gasteiger partial charge in [-0.1, -0.05) is 12.1 Å². The number of nitrogens with zero attached hydrogens (tertiary/aromatic N) is 1. The van der Waals surface area contributed by atoms with E-state index in [9.17, 15) is 18.8 Å². The van der Waals surface area contributed by atoms with Crippen molar-refractivity contribution in [2.24, 2.45) is 5.92 Å². The second-order valence-electron chi connectivity index (χ2n) is 7.43. The third-order valence-corrected chi connectivity index (χ3v) is 5.45. The molecule has 28 heavy (non-hydrogen) atoms. The summed E-state index contributed by atoms with van der Waals surface area (Å²) < 4.78 is 18.9. The lowest BCUT2D eigenvalue weighted by atomic mass is 9.95. The minimum atomic E-state index is -1.04. The van der Waals surface area contributed by atoms with E-state index in [1.54, 1.807) is 24.0 Å². The highest BCUT2D eigenvalue weighted by molar-refractivity contribution is 5.83. The van der Waals surface area contributed by atoms with Crippen LogP contribution in [0.15, 0.2) is 18.2 Å². The molecule has 152 valence electrons. The van der Waals surface area contributed by atoms with Crippen LogP contribution in [0.4, 0.5) is 4.39 Å². The van der Waals surface area contributed by atoms with Crippen molar-refractivity contribution in [1.29, 1.82) is 0 Å². The average Bonchev–Trinajstić information content (AvgIpc) is 3.19. The van der Waals surface area contributed by atoms with Crippen LogP contribution in [0.5, 0.6) is 0 Å². The van der Waals surface area contributed by atoms with Crippen molar-refractivity contribution in [2.75, 3.05) is 13.1 Å². The van der Waals surface area contributed by atoms with Crippen molar-refractivity contribution in [2.45, 2.75) is 51.4 Å². The highest BCUT2D eigenvalue weighted by Gasteiger charge is 2.38. The molecule has 8 heteroatoms. The maximum absolute atomic E-state index is 13.6. The molecule has 2 aliphatic heterocycles. The summed E-state index contributed by atoms with van der Waals surface area (Å²) in [4.78, 5) is 37.5. The molecule has 0 unspecified atom stereocenters. The van der Waals surface area contributed by atoms with E-state index in [0.29, 0.717) is 49.9 Å². The summed E-state index contributed by atoms with van der Waals surface area (Å²) in [5, 5.41) is 11.8. The number of hydrogen-bond acceptors (Lipinski definition) is 4. The number of piperidine rings is 1. The molecule has 2 amide bonds. The minimum Gasteiger partial charge on any atom is -0.479 e. The number of carbonyl (C=O) groups is 3. The van der Waals surface area contributed by atoms with Crippen LogP contribution in [0.3, 0.4) is 0 Å². The fourth-order valence-electron chi connectivity index (χ4n) is 3.65. The molecule has 3 rings (SSSR count). The molecule has 1 aromatic carbocycles. The van der Waals surface area contributed by atoms with Crippen LogP contribution in [0.2, 0.25) is 0 Å². The van der Waals surface area contributed by atoms with E-state index in [1.165, 1.54) is 6.07 Å². The fraction of sp³-hybridized carbons (Fsp3) is 0.550. The Bertz CT molecular complexity index is 761. The van der Waals surface area contributed by atoms with Gasteiger partial charge in [0.05, 0.1) is 0 Å². The van der Waals surface area contributed by atoms with E-state index in [4.69, 9.17) is 9.84 Å². The third-order valence-electron chi connectivity index (χ3n) is 5.45. The zero-order valence-electron chi connectivity index (χ0n) is 15.8. The molecule has 1 aromatic rings. The third kappa shape index (κ3) is 4.67. The first-order valence-electron chi connectivity index (χ1n) is 9.55. The van der Waals surface area contributed by atoms with Gasteiger partial charge in [0.1, 0.15) is 11.9 Å². The van der Waals surface area contributed by atoms with E-state index < -0.39 is 18.2 Å². The summed E-state index contributed by atoms with van der Waals surface area (Å²) in [6.07, 6.45) is 0.198. The highest BCUT2D eigenvalue weighted by atomic mass is 19.1. The lowest BCUT2D eigenvalue weighted by molar-refractivity contribution is -0.155. The van der Waals surface area contributed by atoms with Gasteiger partial charge in [0.25, 0.3) is 5.91 Å². The monoisotopic (exact) mass is 392 g/mol. The molecule has 2 atom stereocenters. The number of benzene rings is 1. The van der Waals surface area contributed by atoms with E-state index in [-0.39, 0.29) is 30.1 Å². The summed E-state index contributed by atoms with van der Waals surface area (Å²) in [5.74, 6) is -1.83. The fourth-order valence-corrected chi connectivity index (χ4v) is 3.65. The smallest absolute Gasteiger partial charge is 0.332 e. The number of halogens is 1. The summed E-state index contributed by atoms with van der Waals surface area (Å²) in [5.41, 5.74) is 1.27. The van der Waals surface area contributed by atoms with Crippen LogP contribution in [0.1, 0.15) is 36.8 Å². The number of amides is 2. The Morgan fingerprint density at radius 2 is 1.86 bits per heavy atom. The predicted octanol–water partition coefficient (Wildman–Crippen LogP) is 1.62. The maximum Gasteiger partial charge on any atom is 0.332 e. The van der Waals surface area contributed by atoms with Crippen molar-refractivity contribution < 1.29 is 28.6 Å². The summed E-state index contributed by atoms with van der Waals surface area (Å²) in [6, 6.07) is 4.88. The number of nitrogens with one attached hydrogen (secondary N) is 1. The van der Waals surface area contributed by atoms with Gasteiger partial charge in [-0.15, -0.1) is 0 Å². The lowest BCUT2D eigenvalue weighted by Crippen LogP contribution is -2.46. The van der Waals surface area contributed by atoms with Crippen LogP contribution in [0.25, 0.3) is 0 Å². The first-order valence-corrected chi connectivity index (χ1v) is 9.55. The predicted molar refractivity (Wildman–Crippen MR) is 97.8 cm³/mol. The minimum absolute atomic E-state index is 0.101. The molecule has 0 aromatic heterocycles. The van der Waals surface area contributed by atoms with E-state index in [2.05, 4.69) is 5.32 Å². The lowest BCUT2D eigenvalue weighted by Gasteiger charge is -2.32. The van der Waals surface area contributed by atoms with Gasteiger partial charge >= 0.3 is 5.97 Å². The zero-order chi connectivity index (χ0) is 20.3. The number of aryl methyl sites for hydroxylation is 1. The number of aliphatic carboxylic acids is 1. The summed E-state index contributed by atoms with van der Waals surface area (Å²) in [6.45, 7) is 2.83. The quantitative estimate of drug-likeness (QED) is 0.794. The highest BCUT2D eigenvalue weighted by Crippen LogP contribution is 2.24. The standard InChI is InChI=1S/C20H25FN2O5/c1-12-2-3-13(10-15(12)21)11-22-18(24)14-6-8-23(9-7-14)19(25)16-4-5-17(28-16)20(26)27/h2-3,10,14,16-17H,4-9,11H2,1H3,(H,22,24)(H,26,27)/t16-,17+/m0/s1. The van der Waals surface area contributed by atoms with E-state index >= 15 is 0 Å². The molecular formula is C20H25FN2O5. The Hall–Kier alpha value is -2.48. The van der Waals surface area contributed by atoms with E-state index in [0.717, 1.165) is 0 Å². The molecule has 0 aliphatic carbocycles. The summed E-state index contributed by atoms with van der Waals surface area (Å²) in [7, 11) is 0. The zero-order valence-corrected chi connectivity index (χ0v) is 15.8. The Morgan fingerprint density at radius 3 is 2.46 bits per heavy atom. The Kier molecular flexibility index (Phi) is 6.28. The van der Waals surface area contributed by atoms with Crippen molar-refractivity contribution >= 4 is 17.8 Å². The number of hydrogen-bond donors (Lipinski definition) is 2. The van der Waals surface area contributed by atoms with Gasteiger partial charge in [-0.05, 0) is 49.8 Å². The van der Waals surface area contributed by atoms with Crippen molar-refractivity contribution in [3.05, 3.63) is 35.1 Å². The number of ether oxygens (including phenoxy) is 1. The molecule has 2 saturated heterocycles. The molecular weight excluding hydrogens is 367 g/mol. The Morgan fingerprint density at radius 1 is 1.18 bits per heavy atom. The number of carboxylic acid groups (broad SMARTS) is 1. The second-order valence-corrected chi connectivity index (χ2v) is 7.43. The van der Waals surface area contributed by atoms with Gasteiger partial charge < -0.3 is 20.1 Å². The van der Waals surface area contributed by atoms with Crippen molar-refractivity contribution in [1.82, 2.24) is 10.2 Å². The van der Waals surface area contributed by atoms with Gasteiger partial charge in [0.15, 0.2) is 6.10 Å². The second kappa shape index (κ2) is 8.68. The first kappa shape index (κ1) is 20.3. The first-order chi connectivity index (χ1) is 13.3. The molecule has 0 spiro atoms. The van der Waals surface area contributed by atoms with Gasteiger partial charge in [-0.2, -0.15) is 0 Å². The average molecular weight is 392 g/mol. The number of carbonyl (C=O) groups excluding carboxylic acids is 2. The Balaban J connectivity index is 1.44. The number of rotatable bonds is 5. The Labute approximate surface area is 162 Å². The topological polar surface area (TPSA) is 95.9 Å². The summed E-state index contributed by atoms with van der Waals surface area (Å²) >= 11 is 0. The SMILES string of the molecule is Cc1ccc(CNC(=O)C2CCN(C(=O)[C@@H]3CC[C@H](C(=O)O)O3)CC2)cc1F. The molecule has 0 radical (unpaired) electrons. The molecule has 2 fully saturated rings. The van der Waals surface area contributed by atoms with Crippen LogP contribution < -0.4 is 5.32 Å². The van der Waals surface area contributed by atoms with Gasteiger partial charge in [0, 0.05) is 25.6 Å². The van der Waals surface area contributed by atoms with Gasteiger partial charge in [-0.25, -0.2) is 9.18 Å². The van der Waals surface area contributed by atoms with Gasteiger partial charge in [0.2, 0.25) is 5.91 Å². The van der Waals surface area contributed by atoms with E-state index in [1.807, 2.05) is 0 Å². The van der Waals surface area contributed by atoms with Crippen LogP contribution in [-0.4, -0.2) is 53.1 Å². The molecule has 7 nitrogen and oxygen atoms in total. The number of carboxylic acids is 1. The maximum atomic E-state index is 13.6. The van der Waals surface area contributed by atoms with Crippen molar-refractivity contribution in [3.63, 3.8) is 0 Å². The largest absolute Gasteiger partial charge is 0.479 e. The van der Waals surface area contributed by atoms with Gasteiger partial charge in [-0.3, -0.25) is 9.59 Å². The van der Waals surface area contributed by atoms with Crippen LogP contribution in [-0.2, 0) is 25.7 Å². The number of likely N-dealkylation sites (tertiary alicyclic amines) is 1. The van der Waals surface area contributed by atoms with Crippen molar-refractivity contribution in [3.8, 4) is 0 Å². The molecule has 2 heterocycles. The van der Waals surface area contributed by atoms with Crippen LogP contribution in [0, 0.1) is 18.7 Å². The molecule has 2 N–H and O–H groups in total. The molecule has 0 saturated carbocycles. The molecule has 0 bridgehead atoms. The van der Waals surface area contributed by atoms with Crippen LogP contribution >= 0.6 is 0 Å².